The Labute approximate surface area is 160 Å². The van der Waals surface area contributed by atoms with Crippen molar-refractivity contribution in [1.29, 1.82) is 0 Å². The van der Waals surface area contributed by atoms with E-state index in [9.17, 15) is 4.79 Å². The fourth-order valence-electron chi connectivity index (χ4n) is 2.26. The number of carbonyl (C=O) groups is 1. The molecule has 0 saturated carbocycles. The van der Waals surface area contributed by atoms with Crippen molar-refractivity contribution in [3.63, 3.8) is 0 Å². The lowest BCUT2D eigenvalue weighted by Crippen LogP contribution is -2.12. The van der Waals surface area contributed by atoms with Gasteiger partial charge in [-0.05, 0) is 48.5 Å². The number of hydrogen-bond acceptors (Lipinski definition) is 4. The maximum atomic E-state index is 12.4. The van der Waals surface area contributed by atoms with Gasteiger partial charge in [0, 0.05) is 16.9 Å². The third-order valence-corrected chi connectivity index (χ3v) is 4.11. The number of aromatic nitrogens is 1. The van der Waals surface area contributed by atoms with Crippen LogP contribution < -0.4 is 15.4 Å². The number of nitrogens with one attached hydrogen (secondary N) is 2. The van der Waals surface area contributed by atoms with Gasteiger partial charge in [0.05, 0.1) is 35.3 Å². The van der Waals surface area contributed by atoms with E-state index < -0.39 is 0 Å². The number of methoxy groups -OCH3 is 1. The fourth-order valence-corrected chi connectivity index (χ4v) is 2.71. The lowest BCUT2D eigenvalue weighted by atomic mass is 10.2. The van der Waals surface area contributed by atoms with Gasteiger partial charge in [-0.15, -0.1) is 0 Å². The Morgan fingerprint density at radius 2 is 1.77 bits per heavy atom. The molecule has 2 N–H and O–H groups in total. The predicted molar refractivity (Wildman–Crippen MR) is 105 cm³/mol. The molecule has 2 aromatic carbocycles. The summed E-state index contributed by atoms with van der Waals surface area (Å²) < 4.78 is 5.10. The molecule has 7 heteroatoms. The Bertz CT molecular complexity index is 930. The molecule has 0 aliphatic heterocycles. The molecule has 0 unspecified atom stereocenters. The van der Waals surface area contributed by atoms with E-state index in [1.54, 1.807) is 61.8 Å². The van der Waals surface area contributed by atoms with Crippen LogP contribution in [0.3, 0.4) is 0 Å². The van der Waals surface area contributed by atoms with Crippen molar-refractivity contribution in [1.82, 2.24) is 4.98 Å². The molecule has 26 heavy (non-hydrogen) atoms. The van der Waals surface area contributed by atoms with Gasteiger partial charge in [0.1, 0.15) is 5.75 Å². The average molecular weight is 388 g/mol. The summed E-state index contributed by atoms with van der Waals surface area (Å²) >= 11 is 12.1. The van der Waals surface area contributed by atoms with Crippen molar-refractivity contribution in [2.45, 2.75) is 0 Å². The minimum Gasteiger partial charge on any atom is -0.497 e. The zero-order chi connectivity index (χ0) is 18.5. The van der Waals surface area contributed by atoms with Crippen molar-refractivity contribution in [2.75, 3.05) is 17.7 Å². The summed E-state index contributed by atoms with van der Waals surface area (Å²) in [6.07, 6.45) is 3.10. The Morgan fingerprint density at radius 3 is 2.46 bits per heavy atom. The van der Waals surface area contributed by atoms with Crippen molar-refractivity contribution in [3.05, 3.63) is 76.5 Å². The van der Waals surface area contributed by atoms with Crippen molar-refractivity contribution < 1.29 is 9.53 Å². The van der Waals surface area contributed by atoms with Gasteiger partial charge in [-0.1, -0.05) is 23.2 Å². The number of benzene rings is 2. The molecule has 0 atom stereocenters. The standard InChI is InChI=1S/C19H15Cl2N3O2/c1-26-16-5-3-14(4-6-16)24-19(25)12-8-15(11-22-10-12)23-18-7-2-13(20)9-17(18)21/h2-11,23H,1H3,(H,24,25). The summed E-state index contributed by atoms with van der Waals surface area (Å²) in [5, 5.41) is 6.96. The number of carbonyl (C=O) groups excluding carboxylic acids is 1. The van der Waals surface area contributed by atoms with Gasteiger partial charge in [0.15, 0.2) is 0 Å². The van der Waals surface area contributed by atoms with Gasteiger partial charge in [-0.2, -0.15) is 0 Å². The molecule has 3 aromatic rings. The molecule has 0 aliphatic rings. The fraction of sp³-hybridized carbons (Fsp3) is 0.0526. The Balaban J connectivity index is 1.74. The van der Waals surface area contributed by atoms with Crippen molar-refractivity contribution in [3.8, 4) is 5.75 Å². The SMILES string of the molecule is COc1ccc(NC(=O)c2cncc(Nc3ccc(Cl)cc3Cl)c2)cc1. The van der Waals surface area contributed by atoms with Crippen LogP contribution in [0.4, 0.5) is 17.1 Å². The maximum absolute atomic E-state index is 12.4. The highest BCUT2D eigenvalue weighted by atomic mass is 35.5. The summed E-state index contributed by atoms with van der Waals surface area (Å²) in [5.74, 6) is 0.448. The second-order valence-corrected chi connectivity index (χ2v) is 6.24. The van der Waals surface area contributed by atoms with Crippen LogP contribution in [0.2, 0.25) is 10.0 Å². The molecular formula is C19H15Cl2N3O2. The van der Waals surface area contributed by atoms with Gasteiger partial charge in [0.25, 0.3) is 5.91 Å². The molecule has 5 nitrogen and oxygen atoms in total. The van der Waals surface area contributed by atoms with E-state index in [1.807, 2.05) is 0 Å². The predicted octanol–water partition coefficient (Wildman–Crippen LogP) is 5.39. The normalized spacial score (nSPS) is 10.3. The van der Waals surface area contributed by atoms with E-state index >= 15 is 0 Å². The molecule has 0 saturated heterocycles. The Morgan fingerprint density at radius 1 is 1.00 bits per heavy atom. The zero-order valence-corrected chi connectivity index (χ0v) is 15.3. The number of anilines is 3. The molecule has 1 heterocycles. The molecule has 1 amide bonds. The number of pyridine rings is 1. The molecule has 0 radical (unpaired) electrons. The van der Waals surface area contributed by atoms with Gasteiger partial charge in [0.2, 0.25) is 0 Å². The zero-order valence-electron chi connectivity index (χ0n) is 13.8. The van der Waals surface area contributed by atoms with Crippen LogP contribution in [0.15, 0.2) is 60.9 Å². The van der Waals surface area contributed by atoms with Crippen LogP contribution in [0.5, 0.6) is 5.75 Å². The molecule has 0 aliphatic carbocycles. The third-order valence-electron chi connectivity index (χ3n) is 3.56. The van der Waals surface area contributed by atoms with E-state index in [0.29, 0.717) is 32.7 Å². The lowest BCUT2D eigenvalue weighted by Gasteiger charge is -2.10. The van der Waals surface area contributed by atoms with E-state index in [1.165, 1.54) is 6.20 Å². The van der Waals surface area contributed by atoms with Gasteiger partial charge in [-0.25, -0.2) is 0 Å². The quantitative estimate of drug-likeness (QED) is 0.615. The minimum absolute atomic E-state index is 0.270. The first-order valence-electron chi connectivity index (χ1n) is 7.67. The number of halogens is 2. The summed E-state index contributed by atoms with van der Waals surface area (Å²) in [6, 6.07) is 13.9. The third kappa shape index (κ3) is 4.45. The Hall–Kier alpha value is -2.76. The van der Waals surface area contributed by atoms with E-state index in [0.717, 1.165) is 5.75 Å². The van der Waals surface area contributed by atoms with Gasteiger partial charge < -0.3 is 15.4 Å². The highest BCUT2D eigenvalue weighted by Gasteiger charge is 2.09. The summed E-state index contributed by atoms with van der Waals surface area (Å²) in [5.41, 5.74) is 2.38. The first-order chi connectivity index (χ1) is 12.5. The summed E-state index contributed by atoms with van der Waals surface area (Å²) in [7, 11) is 1.59. The van der Waals surface area contributed by atoms with Crippen LogP contribution in [-0.2, 0) is 0 Å². The average Bonchev–Trinajstić information content (AvgIpc) is 2.65. The van der Waals surface area contributed by atoms with Crippen LogP contribution in [0.25, 0.3) is 0 Å². The number of nitrogens with zero attached hydrogens (tertiary/aromatic N) is 1. The van der Waals surface area contributed by atoms with E-state index in [-0.39, 0.29) is 5.91 Å². The Kier molecular flexibility index (Phi) is 5.61. The number of amides is 1. The molecule has 132 valence electrons. The van der Waals surface area contributed by atoms with Crippen LogP contribution in [-0.4, -0.2) is 18.0 Å². The van der Waals surface area contributed by atoms with E-state index in [4.69, 9.17) is 27.9 Å². The van der Waals surface area contributed by atoms with Gasteiger partial charge in [-0.3, -0.25) is 9.78 Å². The summed E-state index contributed by atoms with van der Waals surface area (Å²) in [4.78, 5) is 16.5. The van der Waals surface area contributed by atoms with Crippen LogP contribution in [0, 0.1) is 0 Å². The topological polar surface area (TPSA) is 63.2 Å². The molecule has 0 bridgehead atoms. The molecule has 0 spiro atoms. The molecule has 0 fully saturated rings. The van der Waals surface area contributed by atoms with Crippen LogP contribution >= 0.6 is 23.2 Å². The smallest absolute Gasteiger partial charge is 0.257 e. The first-order valence-corrected chi connectivity index (χ1v) is 8.43. The highest BCUT2D eigenvalue weighted by molar-refractivity contribution is 6.36. The van der Waals surface area contributed by atoms with E-state index in [2.05, 4.69) is 15.6 Å². The second-order valence-electron chi connectivity index (χ2n) is 5.39. The number of rotatable bonds is 5. The highest BCUT2D eigenvalue weighted by Crippen LogP contribution is 2.28. The first kappa shape index (κ1) is 18.0. The van der Waals surface area contributed by atoms with Gasteiger partial charge >= 0.3 is 0 Å². The van der Waals surface area contributed by atoms with Crippen molar-refractivity contribution >= 4 is 46.2 Å². The summed E-state index contributed by atoms with van der Waals surface area (Å²) in [6.45, 7) is 0. The largest absolute Gasteiger partial charge is 0.497 e. The van der Waals surface area contributed by atoms with Crippen molar-refractivity contribution in [2.24, 2.45) is 0 Å². The number of hydrogen-bond donors (Lipinski definition) is 2. The minimum atomic E-state index is -0.270. The molecule has 1 aromatic heterocycles. The maximum Gasteiger partial charge on any atom is 0.257 e. The monoisotopic (exact) mass is 387 g/mol. The number of ether oxygens (including phenoxy) is 1. The lowest BCUT2D eigenvalue weighted by molar-refractivity contribution is 0.102. The van der Waals surface area contributed by atoms with Crippen LogP contribution in [0.1, 0.15) is 10.4 Å². The molecule has 3 rings (SSSR count). The molecular weight excluding hydrogens is 373 g/mol. The second kappa shape index (κ2) is 8.08.